The van der Waals surface area contributed by atoms with Crippen molar-refractivity contribution in [1.82, 2.24) is 15.2 Å². The van der Waals surface area contributed by atoms with Gasteiger partial charge in [-0.1, -0.05) is 11.6 Å². The minimum absolute atomic E-state index is 0.0893. The number of aromatic nitrogens is 2. The second-order valence-corrected chi connectivity index (χ2v) is 5.07. The van der Waals surface area contributed by atoms with Gasteiger partial charge in [-0.15, -0.1) is 0 Å². The summed E-state index contributed by atoms with van der Waals surface area (Å²) in [5.74, 6) is 5.65. The van der Waals surface area contributed by atoms with Crippen LogP contribution in [-0.4, -0.2) is 28.5 Å². The Morgan fingerprint density at radius 1 is 1.67 bits per heavy atom. The van der Waals surface area contributed by atoms with E-state index < -0.39 is 0 Å². The van der Waals surface area contributed by atoms with Crippen molar-refractivity contribution in [3.63, 3.8) is 0 Å². The number of nitrogens with zero attached hydrogens (tertiary/aromatic N) is 2. The summed E-state index contributed by atoms with van der Waals surface area (Å²) in [6, 6.07) is 0.0893. The number of nitrogens with one attached hydrogen (secondary N) is 1. The van der Waals surface area contributed by atoms with Crippen molar-refractivity contribution >= 4 is 11.6 Å². The predicted octanol–water partition coefficient (Wildman–Crippen LogP) is 1.42. The molecular formula is C12H21ClN4O. The van der Waals surface area contributed by atoms with Crippen LogP contribution in [0.25, 0.3) is 0 Å². The molecule has 0 aliphatic carbocycles. The fourth-order valence-corrected chi connectivity index (χ4v) is 2.70. The van der Waals surface area contributed by atoms with Crippen molar-refractivity contribution < 1.29 is 4.74 Å². The molecule has 2 unspecified atom stereocenters. The first-order valence-corrected chi connectivity index (χ1v) is 6.84. The Hall–Kier alpha value is -0.620. The number of hydrogen-bond donors (Lipinski definition) is 2. The summed E-state index contributed by atoms with van der Waals surface area (Å²) in [4.78, 5) is 0. The first-order valence-electron chi connectivity index (χ1n) is 6.46. The lowest BCUT2D eigenvalue weighted by molar-refractivity contribution is 0.0778. The molecule has 102 valence electrons. The molecule has 1 aromatic heterocycles. The Morgan fingerprint density at radius 3 is 3.00 bits per heavy atom. The maximum atomic E-state index is 6.31. The summed E-state index contributed by atoms with van der Waals surface area (Å²) < 4.78 is 7.62. The third-order valence-corrected chi connectivity index (χ3v) is 3.99. The molecule has 5 nitrogen and oxygen atoms in total. The molecule has 6 heteroatoms. The quantitative estimate of drug-likeness (QED) is 0.629. The lowest BCUT2D eigenvalue weighted by atomic mass is 10.0. The van der Waals surface area contributed by atoms with E-state index in [0.29, 0.717) is 0 Å². The molecule has 2 rings (SSSR count). The summed E-state index contributed by atoms with van der Waals surface area (Å²) >= 11 is 6.31. The van der Waals surface area contributed by atoms with Gasteiger partial charge < -0.3 is 4.74 Å². The number of hydrazine groups is 1. The van der Waals surface area contributed by atoms with E-state index in [1.807, 2.05) is 11.6 Å². The molecule has 1 aliphatic heterocycles. The standard InChI is InChI=1S/C12H21ClN4O/c1-3-17-10(12(13)8(2)16-17)7-9(15-14)11-5-4-6-18-11/h9,11,15H,3-7,14H2,1-2H3. The second-order valence-electron chi connectivity index (χ2n) is 4.69. The molecule has 1 aromatic rings. The molecule has 1 saturated heterocycles. The smallest absolute Gasteiger partial charge is 0.0847 e. The third-order valence-electron chi connectivity index (χ3n) is 3.49. The molecule has 0 saturated carbocycles. The highest BCUT2D eigenvalue weighted by atomic mass is 35.5. The van der Waals surface area contributed by atoms with Gasteiger partial charge in [-0.25, -0.2) is 0 Å². The second kappa shape index (κ2) is 6.02. The maximum absolute atomic E-state index is 6.31. The summed E-state index contributed by atoms with van der Waals surface area (Å²) in [6.07, 6.45) is 3.06. The number of aryl methyl sites for hydroxylation is 2. The van der Waals surface area contributed by atoms with Crippen LogP contribution in [0, 0.1) is 6.92 Å². The molecule has 2 atom stereocenters. The molecule has 2 heterocycles. The van der Waals surface area contributed by atoms with Gasteiger partial charge in [-0.3, -0.25) is 16.0 Å². The molecule has 0 amide bonds. The minimum Gasteiger partial charge on any atom is -0.377 e. The fraction of sp³-hybridized carbons (Fsp3) is 0.750. The Bertz CT molecular complexity index is 401. The van der Waals surface area contributed by atoms with Crippen molar-refractivity contribution in [2.45, 2.75) is 51.8 Å². The van der Waals surface area contributed by atoms with E-state index in [1.54, 1.807) is 0 Å². The van der Waals surface area contributed by atoms with Crippen LogP contribution >= 0.6 is 11.6 Å². The van der Waals surface area contributed by atoms with Crippen LogP contribution in [0.1, 0.15) is 31.2 Å². The van der Waals surface area contributed by atoms with E-state index in [-0.39, 0.29) is 12.1 Å². The maximum Gasteiger partial charge on any atom is 0.0847 e. The lowest BCUT2D eigenvalue weighted by Gasteiger charge is -2.22. The zero-order valence-corrected chi connectivity index (χ0v) is 11.7. The molecule has 0 aromatic carbocycles. The molecular weight excluding hydrogens is 252 g/mol. The average molecular weight is 273 g/mol. The molecule has 0 bridgehead atoms. The summed E-state index contributed by atoms with van der Waals surface area (Å²) in [7, 11) is 0. The minimum atomic E-state index is 0.0893. The van der Waals surface area contributed by atoms with E-state index in [9.17, 15) is 0 Å². The normalized spacial score (nSPS) is 21.4. The van der Waals surface area contributed by atoms with Crippen LogP contribution < -0.4 is 11.3 Å². The van der Waals surface area contributed by atoms with Crippen LogP contribution in [-0.2, 0) is 17.7 Å². The van der Waals surface area contributed by atoms with E-state index in [2.05, 4.69) is 17.4 Å². The van der Waals surface area contributed by atoms with Crippen LogP contribution in [0.5, 0.6) is 0 Å². The van der Waals surface area contributed by atoms with E-state index in [4.69, 9.17) is 22.2 Å². The van der Waals surface area contributed by atoms with Gasteiger partial charge in [0.25, 0.3) is 0 Å². The third kappa shape index (κ3) is 2.69. The molecule has 0 radical (unpaired) electrons. The van der Waals surface area contributed by atoms with Gasteiger partial charge in [0.15, 0.2) is 0 Å². The van der Waals surface area contributed by atoms with Crippen molar-refractivity contribution in [2.75, 3.05) is 6.61 Å². The SMILES string of the molecule is CCn1nc(C)c(Cl)c1CC(NN)C1CCCO1. The van der Waals surface area contributed by atoms with Crippen molar-refractivity contribution in [2.24, 2.45) is 5.84 Å². The Kier molecular flexibility index (Phi) is 4.61. The van der Waals surface area contributed by atoms with Crippen molar-refractivity contribution in [1.29, 1.82) is 0 Å². The molecule has 3 N–H and O–H groups in total. The van der Waals surface area contributed by atoms with Crippen LogP contribution in [0.3, 0.4) is 0 Å². The Morgan fingerprint density at radius 2 is 2.44 bits per heavy atom. The topological polar surface area (TPSA) is 65.1 Å². The van der Waals surface area contributed by atoms with E-state index in [0.717, 1.165) is 48.8 Å². The highest BCUT2D eigenvalue weighted by Crippen LogP contribution is 2.24. The van der Waals surface area contributed by atoms with Gasteiger partial charge in [0.2, 0.25) is 0 Å². The highest BCUT2D eigenvalue weighted by Gasteiger charge is 2.27. The van der Waals surface area contributed by atoms with Gasteiger partial charge in [-0.05, 0) is 26.7 Å². The fourth-order valence-electron chi connectivity index (χ4n) is 2.49. The van der Waals surface area contributed by atoms with Crippen molar-refractivity contribution in [3.8, 4) is 0 Å². The Labute approximate surface area is 113 Å². The predicted molar refractivity (Wildman–Crippen MR) is 71.4 cm³/mol. The summed E-state index contributed by atoms with van der Waals surface area (Å²) in [6.45, 7) is 5.62. The molecule has 0 spiro atoms. The molecule has 1 fully saturated rings. The zero-order chi connectivity index (χ0) is 13.1. The van der Waals surface area contributed by atoms with Crippen molar-refractivity contribution in [3.05, 3.63) is 16.4 Å². The first-order chi connectivity index (χ1) is 8.67. The van der Waals surface area contributed by atoms with E-state index >= 15 is 0 Å². The van der Waals surface area contributed by atoms with Crippen LogP contribution in [0.4, 0.5) is 0 Å². The van der Waals surface area contributed by atoms with Gasteiger partial charge in [-0.2, -0.15) is 5.10 Å². The van der Waals surface area contributed by atoms with Crippen LogP contribution in [0.2, 0.25) is 5.02 Å². The number of halogens is 1. The summed E-state index contributed by atoms with van der Waals surface area (Å²) in [5, 5.41) is 5.16. The van der Waals surface area contributed by atoms with Gasteiger partial charge in [0.1, 0.15) is 0 Å². The lowest BCUT2D eigenvalue weighted by Crippen LogP contribution is -2.45. The molecule has 18 heavy (non-hydrogen) atoms. The number of nitrogens with two attached hydrogens (primary N) is 1. The van der Waals surface area contributed by atoms with Gasteiger partial charge in [0.05, 0.1) is 28.6 Å². The number of ether oxygens (including phenoxy) is 1. The molecule has 1 aliphatic rings. The monoisotopic (exact) mass is 272 g/mol. The Balaban J connectivity index is 2.15. The largest absolute Gasteiger partial charge is 0.377 e. The first kappa shape index (κ1) is 13.8. The van der Waals surface area contributed by atoms with Gasteiger partial charge in [0, 0.05) is 19.6 Å². The van der Waals surface area contributed by atoms with Gasteiger partial charge >= 0.3 is 0 Å². The highest BCUT2D eigenvalue weighted by molar-refractivity contribution is 6.31. The average Bonchev–Trinajstić information content (AvgIpc) is 2.98. The number of hydrogen-bond acceptors (Lipinski definition) is 4. The van der Waals surface area contributed by atoms with E-state index in [1.165, 1.54) is 0 Å². The zero-order valence-electron chi connectivity index (χ0n) is 10.9. The van der Waals surface area contributed by atoms with Crippen LogP contribution in [0.15, 0.2) is 0 Å². The number of rotatable bonds is 5. The summed E-state index contributed by atoms with van der Waals surface area (Å²) in [5.41, 5.74) is 4.76.